The standard InChI is InChI=1S/C17H16ClFO4S/c18-14-5-2-13(16(19)10-14)11-24(22)9-1-8-23-15-6-3-12(4-7-15)17(20)21/h2-7,10H,1,8-9,11H2,(H,20,21). The highest BCUT2D eigenvalue weighted by Crippen LogP contribution is 2.16. The number of hydrogen-bond acceptors (Lipinski definition) is 3. The Hall–Kier alpha value is -1.92. The average molecular weight is 371 g/mol. The third-order valence-corrected chi connectivity index (χ3v) is 4.83. The Morgan fingerprint density at radius 3 is 2.54 bits per heavy atom. The van der Waals surface area contributed by atoms with Gasteiger partial charge in [-0.1, -0.05) is 17.7 Å². The second-order valence-electron chi connectivity index (χ2n) is 5.06. The van der Waals surface area contributed by atoms with Gasteiger partial charge in [-0.05, 0) is 42.8 Å². The van der Waals surface area contributed by atoms with Crippen LogP contribution < -0.4 is 4.74 Å². The molecule has 0 spiro atoms. The van der Waals surface area contributed by atoms with E-state index in [0.717, 1.165) is 0 Å². The Kier molecular flexibility index (Phi) is 6.75. The van der Waals surface area contributed by atoms with Gasteiger partial charge in [0.25, 0.3) is 0 Å². The first-order chi connectivity index (χ1) is 11.5. The summed E-state index contributed by atoms with van der Waals surface area (Å²) in [6, 6.07) is 10.4. The fourth-order valence-electron chi connectivity index (χ4n) is 1.99. The second kappa shape index (κ2) is 8.80. The van der Waals surface area contributed by atoms with Gasteiger partial charge in [-0.3, -0.25) is 4.21 Å². The van der Waals surface area contributed by atoms with Crippen LogP contribution in [0.2, 0.25) is 5.02 Å². The van der Waals surface area contributed by atoms with Gasteiger partial charge in [-0.15, -0.1) is 0 Å². The van der Waals surface area contributed by atoms with Gasteiger partial charge >= 0.3 is 5.97 Å². The molecule has 2 rings (SSSR count). The Morgan fingerprint density at radius 2 is 1.92 bits per heavy atom. The molecule has 0 aromatic heterocycles. The number of carbonyl (C=O) groups is 1. The summed E-state index contributed by atoms with van der Waals surface area (Å²) in [5, 5.41) is 9.11. The molecule has 1 N–H and O–H groups in total. The number of hydrogen-bond donors (Lipinski definition) is 1. The lowest BCUT2D eigenvalue weighted by molar-refractivity contribution is 0.0697. The highest BCUT2D eigenvalue weighted by Gasteiger charge is 2.08. The van der Waals surface area contributed by atoms with E-state index < -0.39 is 22.6 Å². The van der Waals surface area contributed by atoms with Crippen LogP contribution in [0.25, 0.3) is 0 Å². The van der Waals surface area contributed by atoms with Crippen LogP contribution >= 0.6 is 11.6 Å². The van der Waals surface area contributed by atoms with Gasteiger partial charge in [0.15, 0.2) is 0 Å². The summed E-state index contributed by atoms with van der Waals surface area (Å²) in [5.41, 5.74) is 0.566. The Bertz CT molecular complexity index is 734. The van der Waals surface area contributed by atoms with Gasteiger partial charge in [-0.25, -0.2) is 9.18 Å². The molecule has 7 heteroatoms. The summed E-state index contributed by atoms with van der Waals surface area (Å²) in [5.74, 6) is -0.377. The van der Waals surface area contributed by atoms with Crippen molar-refractivity contribution in [3.8, 4) is 5.75 Å². The summed E-state index contributed by atoms with van der Waals surface area (Å²) in [6.07, 6.45) is 0.544. The van der Waals surface area contributed by atoms with Gasteiger partial charge in [0.05, 0.1) is 17.9 Å². The fourth-order valence-corrected chi connectivity index (χ4v) is 3.31. The molecular weight excluding hydrogens is 355 g/mol. The molecule has 0 fully saturated rings. The third kappa shape index (κ3) is 5.62. The van der Waals surface area contributed by atoms with Crippen molar-refractivity contribution >= 4 is 28.4 Å². The lowest BCUT2D eigenvalue weighted by atomic mass is 10.2. The van der Waals surface area contributed by atoms with E-state index in [1.54, 1.807) is 18.2 Å². The summed E-state index contributed by atoms with van der Waals surface area (Å²) < 4.78 is 31.1. The zero-order chi connectivity index (χ0) is 17.5. The molecule has 1 atom stereocenters. The first-order valence-electron chi connectivity index (χ1n) is 7.21. The zero-order valence-electron chi connectivity index (χ0n) is 12.7. The molecule has 0 amide bonds. The van der Waals surface area contributed by atoms with Crippen LogP contribution in [-0.2, 0) is 16.6 Å². The van der Waals surface area contributed by atoms with Gasteiger partial charge in [-0.2, -0.15) is 0 Å². The smallest absolute Gasteiger partial charge is 0.335 e. The molecule has 128 valence electrons. The predicted octanol–water partition coefficient (Wildman–Crippen LogP) is 3.90. The molecule has 1 unspecified atom stereocenters. The van der Waals surface area contributed by atoms with Crippen LogP contribution in [0.15, 0.2) is 42.5 Å². The molecule has 0 radical (unpaired) electrons. The van der Waals surface area contributed by atoms with Gasteiger partial charge in [0.2, 0.25) is 0 Å². The molecule has 24 heavy (non-hydrogen) atoms. The lowest BCUT2D eigenvalue weighted by Gasteiger charge is -2.07. The van der Waals surface area contributed by atoms with E-state index in [2.05, 4.69) is 0 Å². The minimum absolute atomic E-state index is 0.135. The largest absolute Gasteiger partial charge is 0.494 e. The van der Waals surface area contributed by atoms with Gasteiger partial charge < -0.3 is 9.84 Å². The zero-order valence-corrected chi connectivity index (χ0v) is 14.3. The van der Waals surface area contributed by atoms with Gasteiger partial charge in [0, 0.05) is 27.1 Å². The molecule has 0 bridgehead atoms. The van der Waals surface area contributed by atoms with E-state index in [9.17, 15) is 13.4 Å². The van der Waals surface area contributed by atoms with Crippen LogP contribution in [0.4, 0.5) is 4.39 Å². The number of rotatable bonds is 8. The van der Waals surface area contributed by atoms with Crippen molar-refractivity contribution in [3.63, 3.8) is 0 Å². The third-order valence-electron chi connectivity index (χ3n) is 3.22. The monoisotopic (exact) mass is 370 g/mol. The topological polar surface area (TPSA) is 63.6 Å². The molecule has 0 aliphatic carbocycles. The van der Waals surface area contributed by atoms with Gasteiger partial charge in [0.1, 0.15) is 11.6 Å². The molecular formula is C17H16ClFO4S. The van der Waals surface area contributed by atoms with E-state index in [4.69, 9.17) is 21.4 Å². The van der Waals surface area contributed by atoms with Crippen molar-refractivity contribution in [2.75, 3.05) is 12.4 Å². The summed E-state index contributed by atoms with van der Waals surface area (Å²) in [6.45, 7) is 0.348. The lowest BCUT2D eigenvalue weighted by Crippen LogP contribution is -2.07. The predicted molar refractivity (Wildman–Crippen MR) is 91.6 cm³/mol. The second-order valence-corrected chi connectivity index (χ2v) is 7.07. The van der Waals surface area contributed by atoms with Crippen molar-refractivity contribution in [3.05, 3.63) is 64.4 Å². The van der Waals surface area contributed by atoms with Crippen LogP contribution in [0.5, 0.6) is 5.75 Å². The summed E-state index contributed by atoms with van der Waals surface area (Å²) in [7, 11) is -1.20. The van der Waals surface area contributed by atoms with Crippen molar-refractivity contribution in [2.24, 2.45) is 0 Å². The fraction of sp³-hybridized carbons (Fsp3) is 0.235. The van der Waals surface area contributed by atoms with Crippen molar-refractivity contribution < 1.29 is 23.2 Å². The molecule has 4 nitrogen and oxygen atoms in total. The van der Waals surface area contributed by atoms with Crippen LogP contribution in [-0.4, -0.2) is 27.6 Å². The van der Waals surface area contributed by atoms with Crippen LogP contribution in [0.3, 0.4) is 0 Å². The SMILES string of the molecule is O=C(O)c1ccc(OCCCS(=O)Cc2ccc(Cl)cc2F)cc1. The summed E-state index contributed by atoms with van der Waals surface area (Å²) >= 11 is 5.68. The molecule has 2 aromatic carbocycles. The Morgan fingerprint density at radius 1 is 1.21 bits per heavy atom. The van der Waals surface area contributed by atoms with E-state index in [1.165, 1.54) is 24.3 Å². The van der Waals surface area contributed by atoms with Crippen LogP contribution in [0, 0.1) is 5.82 Å². The highest BCUT2D eigenvalue weighted by molar-refractivity contribution is 7.84. The molecule has 0 saturated heterocycles. The highest BCUT2D eigenvalue weighted by atomic mass is 35.5. The molecule has 0 heterocycles. The number of aromatic carboxylic acids is 1. The maximum Gasteiger partial charge on any atom is 0.335 e. The van der Waals surface area contributed by atoms with E-state index in [-0.39, 0.29) is 11.3 Å². The molecule has 0 aliphatic rings. The minimum atomic E-state index is -1.20. The molecule has 2 aromatic rings. The normalized spacial score (nSPS) is 11.9. The van der Waals surface area contributed by atoms with E-state index in [0.29, 0.717) is 35.1 Å². The maximum atomic E-state index is 13.6. The van der Waals surface area contributed by atoms with E-state index >= 15 is 0 Å². The van der Waals surface area contributed by atoms with Crippen molar-refractivity contribution in [2.45, 2.75) is 12.2 Å². The van der Waals surface area contributed by atoms with Crippen LogP contribution in [0.1, 0.15) is 22.3 Å². The number of carboxylic acids is 1. The molecule has 0 aliphatic heterocycles. The quantitative estimate of drug-likeness (QED) is 0.716. The first-order valence-corrected chi connectivity index (χ1v) is 9.07. The number of halogens is 2. The average Bonchev–Trinajstić information content (AvgIpc) is 2.55. The van der Waals surface area contributed by atoms with Crippen molar-refractivity contribution in [1.82, 2.24) is 0 Å². The number of carboxylic acid groups (broad SMARTS) is 1. The Labute approximate surface area is 146 Å². The first kappa shape index (κ1) is 18.4. The molecule has 0 saturated carbocycles. The number of ether oxygens (including phenoxy) is 1. The maximum absolute atomic E-state index is 13.6. The minimum Gasteiger partial charge on any atom is -0.494 e. The van der Waals surface area contributed by atoms with Crippen molar-refractivity contribution in [1.29, 1.82) is 0 Å². The summed E-state index contributed by atoms with van der Waals surface area (Å²) in [4.78, 5) is 10.7. The van der Waals surface area contributed by atoms with E-state index in [1.807, 2.05) is 0 Å². The Balaban J connectivity index is 1.73. The number of benzene rings is 2.